The van der Waals surface area contributed by atoms with Gasteiger partial charge in [-0.3, -0.25) is 9.80 Å². The van der Waals surface area contributed by atoms with Crippen LogP contribution in [-0.4, -0.2) is 85.4 Å². The van der Waals surface area contributed by atoms with Crippen LogP contribution in [0.25, 0.3) is 0 Å². The van der Waals surface area contributed by atoms with Crippen LogP contribution >= 0.6 is 0 Å². The lowest BCUT2D eigenvalue weighted by molar-refractivity contribution is 0.0136. The van der Waals surface area contributed by atoms with Gasteiger partial charge in [-0.25, -0.2) is 0 Å². The Morgan fingerprint density at radius 2 is 1.69 bits per heavy atom. The quantitative estimate of drug-likeness (QED) is 0.834. The number of likely N-dealkylation sites (N-methyl/N-ethyl adjacent to an activating group) is 1. The van der Waals surface area contributed by atoms with Crippen molar-refractivity contribution in [3.63, 3.8) is 0 Å². The number of rotatable bonds is 6. The third-order valence-electron chi connectivity index (χ3n) is 6.49. The highest BCUT2D eigenvalue weighted by molar-refractivity contribution is 5.33. The van der Waals surface area contributed by atoms with E-state index < -0.39 is 0 Å². The number of piperazine rings is 1. The van der Waals surface area contributed by atoms with Gasteiger partial charge in [-0.1, -0.05) is 18.2 Å². The Bertz CT molecular complexity index is 574. The minimum Gasteiger partial charge on any atom is -0.492 e. The van der Waals surface area contributed by atoms with Gasteiger partial charge in [-0.05, 0) is 37.8 Å². The van der Waals surface area contributed by atoms with Gasteiger partial charge >= 0.3 is 0 Å². The van der Waals surface area contributed by atoms with Gasteiger partial charge in [0.2, 0.25) is 0 Å². The van der Waals surface area contributed by atoms with E-state index in [1.807, 2.05) is 0 Å². The summed E-state index contributed by atoms with van der Waals surface area (Å²) in [5, 5.41) is 10.2. The molecule has 26 heavy (non-hydrogen) atoms. The third-order valence-corrected chi connectivity index (χ3v) is 6.49. The lowest BCUT2D eigenvalue weighted by Crippen LogP contribution is -2.45. The molecule has 1 unspecified atom stereocenters. The summed E-state index contributed by atoms with van der Waals surface area (Å²) in [6.45, 7) is 9.32. The third kappa shape index (κ3) is 4.22. The molecule has 2 heterocycles. The van der Waals surface area contributed by atoms with Crippen molar-refractivity contribution in [1.82, 2.24) is 14.7 Å². The first-order valence-electron chi connectivity index (χ1n) is 10.2. The maximum atomic E-state index is 10.2. The molecule has 5 heteroatoms. The van der Waals surface area contributed by atoms with E-state index in [1.165, 1.54) is 18.4 Å². The predicted octanol–water partition coefficient (Wildman–Crippen LogP) is 1.52. The van der Waals surface area contributed by atoms with Crippen molar-refractivity contribution in [2.75, 3.05) is 59.5 Å². The summed E-state index contributed by atoms with van der Waals surface area (Å²) in [6.07, 6.45) is 2.30. The molecule has 3 aliphatic rings. The molecule has 0 spiro atoms. The molecule has 2 bridgehead atoms. The second kappa shape index (κ2) is 8.26. The molecule has 144 valence electrons. The van der Waals surface area contributed by atoms with Crippen molar-refractivity contribution < 1.29 is 9.84 Å². The van der Waals surface area contributed by atoms with E-state index in [0.717, 1.165) is 64.7 Å². The summed E-state index contributed by atoms with van der Waals surface area (Å²) in [6, 6.07) is 8.47. The van der Waals surface area contributed by atoms with Crippen molar-refractivity contribution in [3.8, 4) is 5.75 Å². The molecule has 1 saturated carbocycles. The molecule has 1 N–H and O–H groups in total. The minimum absolute atomic E-state index is 0.0682. The fraction of sp³-hybridized carbons (Fsp3) is 0.714. The van der Waals surface area contributed by atoms with Crippen LogP contribution < -0.4 is 4.74 Å². The Balaban J connectivity index is 1.29. The van der Waals surface area contributed by atoms with E-state index in [9.17, 15) is 5.11 Å². The van der Waals surface area contributed by atoms with Crippen molar-refractivity contribution in [1.29, 1.82) is 0 Å². The van der Waals surface area contributed by atoms with Crippen LogP contribution in [0.4, 0.5) is 0 Å². The lowest BCUT2D eigenvalue weighted by Gasteiger charge is -2.35. The number of piperidine rings is 1. The molecule has 1 aliphatic carbocycles. The maximum absolute atomic E-state index is 10.2. The Hall–Kier alpha value is -1.14. The summed E-state index contributed by atoms with van der Waals surface area (Å²) >= 11 is 0. The van der Waals surface area contributed by atoms with E-state index in [1.54, 1.807) is 0 Å². The zero-order valence-corrected chi connectivity index (χ0v) is 16.0. The Morgan fingerprint density at radius 1 is 1.00 bits per heavy atom. The van der Waals surface area contributed by atoms with Gasteiger partial charge in [0, 0.05) is 57.9 Å². The first-order chi connectivity index (χ1) is 12.7. The summed E-state index contributed by atoms with van der Waals surface area (Å²) in [5.41, 5.74) is 1.28. The van der Waals surface area contributed by atoms with E-state index in [4.69, 9.17) is 4.74 Å². The van der Waals surface area contributed by atoms with Crippen molar-refractivity contribution in [2.24, 2.45) is 11.8 Å². The fourth-order valence-corrected chi connectivity index (χ4v) is 4.79. The topological polar surface area (TPSA) is 39.2 Å². The van der Waals surface area contributed by atoms with Crippen molar-refractivity contribution >= 4 is 0 Å². The molecule has 3 fully saturated rings. The zero-order valence-electron chi connectivity index (χ0n) is 16.0. The minimum atomic E-state index is -0.0682. The highest BCUT2D eigenvalue weighted by Gasteiger charge is 2.40. The van der Waals surface area contributed by atoms with Crippen LogP contribution in [0.1, 0.15) is 18.4 Å². The number of benzene rings is 1. The van der Waals surface area contributed by atoms with Gasteiger partial charge in [0.15, 0.2) is 0 Å². The van der Waals surface area contributed by atoms with Crippen LogP contribution in [0.2, 0.25) is 0 Å². The number of nitrogens with zero attached hydrogens (tertiary/aromatic N) is 3. The second-order valence-electron chi connectivity index (χ2n) is 8.38. The number of hydrogen-bond donors (Lipinski definition) is 1. The standard InChI is InChI=1S/C21H33N3O2/c1-22-8-10-23(11-9-22)12-13-26-20-5-3-2-4-17(20)14-24-15-18-6-7-19(16-24)21(18)25/h2-5,18-19,21,25H,6-16H2,1H3/t18-,19+,21?. The van der Waals surface area contributed by atoms with Crippen LogP contribution in [0, 0.1) is 11.8 Å². The summed E-state index contributed by atoms with van der Waals surface area (Å²) in [4.78, 5) is 7.39. The van der Waals surface area contributed by atoms with Crippen LogP contribution in [0.5, 0.6) is 5.75 Å². The molecule has 0 amide bonds. The molecule has 0 aromatic heterocycles. The van der Waals surface area contributed by atoms with Gasteiger partial charge < -0.3 is 14.7 Å². The van der Waals surface area contributed by atoms with Crippen molar-refractivity contribution in [3.05, 3.63) is 29.8 Å². The van der Waals surface area contributed by atoms with Gasteiger partial charge in [-0.2, -0.15) is 0 Å². The smallest absolute Gasteiger partial charge is 0.123 e. The molecule has 4 rings (SSSR count). The highest BCUT2D eigenvalue weighted by atomic mass is 16.5. The SMILES string of the molecule is CN1CCN(CCOc2ccccc2CN2C[C@H]3CC[C@@H](C2)C3O)CC1. The summed E-state index contributed by atoms with van der Waals surface area (Å²) in [7, 11) is 2.19. The predicted molar refractivity (Wildman–Crippen MR) is 103 cm³/mol. The van der Waals surface area contributed by atoms with Crippen molar-refractivity contribution in [2.45, 2.75) is 25.5 Å². The number of aliphatic hydroxyl groups is 1. The first-order valence-corrected chi connectivity index (χ1v) is 10.2. The number of ether oxygens (including phenoxy) is 1. The first kappa shape index (κ1) is 18.2. The molecular weight excluding hydrogens is 326 g/mol. The molecule has 1 aromatic carbocycles. The lowest BCUT2D eigenvalue weighted by atomic mass is 9.95. The molecule has 1 aromatic rings. The number of fused-ring (bicyclic) bond motifs is 2. The average Bonchev–Trinajstić information content (AvgIpc) is 2.86. The van der Waals surface area contributed by atoms with Gasteiger partial charge in [0.1, 0.15) is 12.4 Å². The monoisotopic (exact) mass is 359 g/mol. The molecule has 0 radical (unpaired) electrons. The Kier molecular flexibility index (Phi) is 5.79. The van der Waals surface area contributed by atoms with Crippen LogP contribution in [-0.2, 0) is 6.54 Å². The van der Waals surface area contributed by atoms with Gasteiger partial charge in [-0.15, -0.1) is 0 Å². The normalized spacial score (nSPS) is 30.6. The van der Waals surface area contributed by atoms with E-state index in [2.05, 4.69) is 46.0 Å². The molecule has 2 aliphatic heterocycles. The zero-order chi connectivity index (χ0) is 17.9. The number of likely N-dealkylation sites (tertiary alicyclic amines) is 1. The van der Waals surface area contributed by atoms with Crippen LogP contribution in [0.15, 0.2) is 24.3 Å². The van der Waals surface area contributed by atoms with Gasteiger partial charge in [0.05, 0.1) is 6.10 Å². The highest BCUT2D eigenvalue weighted by Crippen LogP contribution is 2.37. The summed E-state index contributed by atoms with van der Waals surface area (Å²) in [5.74, 6) is 1.97. The summed E-state index contributed by atoms with van der Waals surface area (Å²) < 4.78 is 6.17. The Labute approximate surface area is 157 Å². The fourth-order valence-electron chi connectivity index (χ4n) is 4.79. The van der Waals surface area contributed by atoms with Crippen LogP contribution in [0.3, 0.4) is 0 Å². The number of hydrogen-bond acceptors (Lipinski definition) is 5. The molecular formula is C21H33N3O2. The largest absolute Gasteiger partial charge is 0.492 e. The van der Waals surface area contributed by atoms with E-state index >= 15 is 0 Å². The second-order valence-corrected chi connectivity index (χ2v) is 8.38. The molecule has 5 nitrogen and oxygen atoms in total. The van der Waals surface area contributed by atoms with E-state index in [-0.39, 0.29) is 6.10 Å². The molecule has 3 atom stereocenters. The Morgan fingerprint density at radius 3 is 2.42 bits per heavy atom. The molecule has 2 saturated heterocycles. The van der Waals surface area contributed by atoms with Gasteiger partial charge in [0.25, 0.3) is 0 Å². The number of aliphatic hydroxyl groups excluding tert-OH is 1. The maximum Gasteiger partial charge on any atom is 0.123 e. The number of para-hydroxylation sites is 1. The average molecular weight is 360 g/mol. The van der Waals surface area contributed by atoms with E-state index in [0.29, 0.717) is 11.8 Å².